The summed E-state index contributed by atoms with van der Waals surface area (Å²) in [6, 6.07) is 28.3. The van der Waals surface area contributed by atoms with E-state index in [9.17, 15) is 4.79 Å². The predicted molar refractivity (Wildman–Crippen MR) is 92.4 cm³/mol. The standard InChI is InChI=1S/C21H17NO/c23-21-20(17-11-5-2-6-12-17)18-13-7-8-14-19(18)22(21)15-16-9-3-1-4-10-16/h1-14,20H,15H2. The molecule has 1 aliphatic heterocycles. The maximum Gasteiger partial charge on any atom is 0.239 e. The first-order chi connectivity index (χ1) is 11.3. The van der Waals surface area contributed by atoms with Crippen LogP contribution in [0.4, 0.5) is 5.69 Å². The third kappa shape index (κ3) is 2.42. The first-order valence-corrected chi connectivity index (χ1v) is 7.84. The van der Waals surface area contributed by atoms with Crippen LogP contribution in [0.5, 0.6) is 0 Å². The van der Waals surface area contributed by atoms with Crippen molar-refractivity contribution >= 4 is 11.6 Å². The number of carbonyl (C=O) groups is 1. The molecule has 1 amide bonds. The number of amides is 1. The molecule has 0 fully saturated rings. The smallest absolute Gasteiger partial charge is 0.239 e. The quantitative estimate of drug-likeness (QED) is 0.703. The molecule has 0 saturated carbocycles. The van der Waals surface area contributed by atoms with E-state index in [1.807, 2.05) is 71.6 Å². The first kappa shape index (κ1) is 13.8. The molecule has 0 bridgehead atoms. The van der Waals surface area contributed by atoms with Crippen LogP contribution in [0.15, 0.2) is 84.9 Å². The van der Waals surface area contributed by atoms with Crippen molar-refractivity contribution < 1.29 is 4.79 Å². The van der Waals surface area contributed by atoms with Gasteiger partial charge in [-0.1, -0.05) is 78.9 Å². The number of carbonyl (C=O) groups excluding carboxylic acids is 1. The lowest BCUT2D eigenvalue weighted by Crippen LogP contribution is -2.28. The van der Waals surface area contributed by atoms with E-state index < -0.39 is 0 Å². The van der Waals surface area contributed by atoms with E-state index in [0.29, 0.717) is 6.54 Å². The van der Waals surface area contributed by atoms with E-state index in [4.69, 9.17) is 0 Å². The minimum Gasteiger partial charge on any atom is -0.307 e. The second kappa shape index (κ2) is 5.73. The summed E-state index contributed by atoms with van der Waals surface area (Å²) >= 11 is 0. The van der Waals surface area contributed by atoms with Crippen LogP contribution in [0.25, 0.3) is 0 Å². The molecule has 1 atom stereocenters. The van der Waals surface area contributed by atoms with Crippen LogP contribution in [-0.2, 0) is 11.3 Å². The fourth-order valence-electron chi connectivity index (χ4n) is 3.28. The van der Waals surface area contributed by atoms with Gasteiger partial charge in [0.1, 0.15) is 0 Å². The van der Waals surface area contributed by atoms with Gasteiger partial charge in [-0.05, 0) is 22.8 Å². The number of hydrogen-bond donors (Lipinski definition) is 0. The Morgan fingerprint density at radius 3 is 2.09 bits per heavy atom. The van der Waals surface area contributed by atoms with E-state index in [0.717, 1.165) is 22.4 Å². The second-order valence-electron chi connectivity index (χ2n) is 5.81. The molecule has 3 aromatic carbocycles. The van der Waals surface area contributed by atoms with Crippen LogP contribution in [-0.4, -0.2) is 5.91 Å². The highest BCUT2D eigenvalue weighted by Crippen LogP contribution is 2.41. The van der Waals surface area contributed by atoms with Gasteiger partial charge < -0.3 is 4.90 Å². The largest absolute Gasteiger partial charge is 0.307 e. The maximum absolute atomic E-state index is 13.1. The van der Waals surface area contributed by atoms with Crippen LogP contribution in [0, 0.1) is 0 Å². The molecule has 3 aromatic rings. The number of fused-ring (bicyclic) bond motifs is 1. The van der Waals surface area contributed by atoms with E-state index in [1.54, 1.807) is 0 Å². The molecule has 2 nitrogen and oxygen atoms in total. The lowest BCUT2D eigenvalue weighted by atomic mass is 9.93. The highest BCUT2D eigenvalue weighted by molar-refractivity contribution is 6.06. The fourth-order valence-corrected chi connectivity index (χ4v) is 3.28. The van der Waals surface area contributed by atoms with Crippen LogP contribution in [0.2, 0.25) is 0 Å². The van der Waals surface area contributed by atoms with Crippen LogP contribution in [0.1, 0.15) is 22.6 Å². The van der Waals surface area contributed by atoms with E-state index >= 15 is 0 Å². The average Bonchev–Trinajstić information content (AvgIpc) is 2.89. The number of nitrogens with zero attached hydrogens (tertiary/aromatic N) is 1. The first-order valence-electron chi connectivity index (χ1n) is 7.84. The van der Waals surface area contributed by atoms with Crippen molar-refractivity contribution in [3.63, 3.8) is 0 Å². The van der Waals surface area contributed by atoms with Gasteiger partial charge in [0.15, 0.2) is 0 Å². The summed E-state index contributed by atoms with van der Waals surface area (Å²) in [5.41, 5.74) is 4.32. The highest BCUT2D eigenvalue weighted by atomic mass is 16.2. The summed E-state index contributed by atoms with van der Waals surface area (Å²) in [5, 5.41) is 0. The highest BCUT2D eigenvalue weighted by Gasteiger charge is 2.37. The van der Waals surface area contributed by atoms with Crippen molar-refractivity contribution in [1.29, 1.82) is 0 Å². The molecule has 0 aromatic heterocycles. The summed E-state index contributed by atoms with van der Waals surface area (Å²) in [5.74, 6) is -0.0441. The van der Waals surface area contributed by atoms with Gasteiger partial charge >= 0.3 is 0 Å². The Labute approximate surface area is 136 Å². The van der Waals surface area contributed by atoms with E-state index in [2.05, 4.69) is 18.2 Å². The van der Waals surface area contributed by atoms with Crippen molar-refractivity contribution in [2.75, 3.05) is 4.90 Å². The number of hydrogen-bond acceptors (Lipinski definition) is 1. The van der Waals surface area contributed by atoms with E-state index in [1.165, 1.54) is 0 Å². The van der Waals surface area contributed by atoms with Gasteiger partial charge in [-0.3, -0.25) is 4.79 Å². The number of anilines is 1. The van der Waals surface area contributed by atoms with Gasteiger partial charge in [0, 0.05) is 5.69 Å². The van der Waals surface area contributed by atoms with Crippen molar-refractivity contribution in [3.8, 4) is 0 Å². The van der Waals surface area contributed by atoms with Gasteiger partial charge in [-0.15, -0.1) is 0 Å². The molecular weight excluding hydrogens is 282 g/mol. The molecule has 2 heteroatoms. The summed E-state index contributed by atoms with van der Waals surface area (Å²) in [4.78, 5) is 15.0. The van der Waals surface area contributed by atoms with Crippen LogP contribution in [0.3, 0.4) is 0 Å². The minimum absolute atomic E-state index is 0.154. The Kier molecular flexibility index (Phi) is 3.43. The molecule has 0 aliphatic carbocycles. The summed E-state index contributed by atoms with van der Waals surface area (Å²) in [7, 11) is 0. The average molecular weight is 299 g/mol. The second-order valence-corrected chi connectivity index (χ2v) is 5.81. The third-order valence-electron chi connectivity index (χ3n) is 4.37. The molecule has 1 heterocycles. The predicted octanol–water partition coefficient (Wildman–Crippen LogP) is 4.37. The zero-order valence-corrected chi connectivity index (χ0v) is 12.7. The lowest BCUT2D eigenvalue weighted by Gasteiger charge is -2.18. The van der Waals surface area contributed by atoms with Gasteiger partial charge in [0.2, 0.25) is 5.91 Å². The molecule has 1 aliphatic rings. The molecule has 0 saturated heterocycles. The Morgan fingerprint density at radius 1 is 0.739 bits per heavy atom. The van der Waals surface area contributed by atoms with Crippen molar-refractivity contribution in [2.24, 2.45) is 0 Å². The lowest BCUT2D eigenvalue weighted by molar-refractivity contribution is -0.118. The Hall–Kier alpha value is -2.87. The van der Waals surface area contributed by atoms with E-state index in [-0.39, 0.29) is 11.8 Å². The Bertz CT molecular complexity index is 827. The topological polar surface area (TPSA) is 20.3 Å². The molecule has 0 spiro atoms. The Morgan fingerprint density at radius 2 is 1.35 bits per heavy atom. The zero-order chi connectivity index (χ0) is 15.6. The molecular formula is C21H17NO. The molecule has 112 valence electrons. The maximum atomic E-state index is 13.1. The Balaban J connectivity index is 1.76. The van der Waals surface area contributed by atoms with Gasteiger partial charge in [-0.2, -0.15) is 0 Å². The van der Waals surface area contributed by atoms with Crippen LogP contribution < -0.4 is 4.90 Å². The fraction of sp³-hybridized carbons (Fsp3) is 0.0952. The summed E-state index contributed by atoms with van der Waals surface area (Å²) < 4.78 is 0. The monoisotopic (exact) mass is 299 g/mol. The molecule has 4 rings (SSSR count). The summed E-state index contributed by atoms with van der Waals surface area (Å²) in [6.45, 7) is 0.611. The van der Waals surface area contributed by atoms with Crippen molar-refractivity contribution in [3.05, 3.63) is 102 Å². The van der Waals surface area contributed by atoms with Crippen LogP contribution >= 0.6 is 0 Å². The van der Waals surface area contributed by atoms with Gasteiger partial charge in [0.05, 0.1) is 12.5 Å². The number of benzene rings is 3. The SMILES string of the molecule is O=C1C(c2ccccc2)c2ccccc2N1Cc1ccccc1. The third-order valence-corrected chi connectivity index (χ3v) is 4.37. The normalized spacial score (nSPS) is 16.4. The zero-order valence-electron chi connectivity index (χ0n) is 12.7. The molecule has 0 radical (unpaired) electrons. The van der Waals surface area contributed by atoms with Gasteiger partial charge in [0.25, 0.3) is 0 Å². The van der Waals surface area contributed by atoms with Gasteiger partial charge in [-0.25, -0.2) is 0 Å². The molecule has 0 N–H and O–H groups in total. The van der Waals surface area contributed by atoms with Crippen molar-refractivity contribution in [2.45, 2.75) is 12.5 Å². The summed E-state index contributed by atoms with van der Waals surface area (Å²) in [6.07, 6.45) is 0. The number of rotatable bonds is 3. The molecule has 23 heavy (non-hydrogen) atoms. The minimum atomic E-state index is -0.198. The molecule has 1 unspecified atom stereocenters. The van der Waals surface area contributed by atoms with Crippen molar-refractivity contribution in [1.82, 2.24) is 0 Å². The number of para-hydroxylation sites is 1.